The maximum atomic E-state index is 2.42. The molecule has 1 nitrogen and oxygen atoms in total. The van der Waals surface area contributed by atoms with E-state index in [1.807, 2.05) is 78.1 Å². The van der Waals surface area contributed by atoms with Crippen molar-refractivity contribution < 1.29 is 0 Å². The minimum atomic E-state index is 1.20. The van der Waals surface area contributed by atoms with Gasteiger partial charge in [0.1, 0.15) is 0 Å². The molecule has 0 bridgehead atoms. The number of thiophene rings is 2. The van der Waals surface area contributed by atoms with Gasteiger partial charge in [0, 0.05) is 56.8 Å². The summed E-state index contributed by atoms with van der Waals surface area (Å²) in [5.74, 6) is 0. The molecule has 266 valence electrons. The lowest BCUT2D eigenvalue weighted by atomic mass is 9.98. The van der Waals surface area contributed by atoms with Crippen LogP contribution < -0.4 is 0 Å². The third-order valence-corrected chi connectivity index (χ3v) is 11.5. The molecule has 0 amide bonds. The summed E-state index contributed by atoms with van der Waals surface area (Å²) in [5, 5.41) is 7.97. The SMILES string of the molecule is CC.CC.CC.CC.c1ccc(-c2cccc(-c3ccc4sc5ccc6c7cc(-n8c9ccccc9c9ccccc98)ccc7sc6c5c4c3)c2)cc1. The number of nitrogens with zero attached hydrogens (tertiary/aromatic N) is 1. The van der Waals surface area contributed by atoms with Crippen LogP contribution in [0.15, 0.2) is 152 Å². The highest BCUT2D eigenvalue weighted by Gasteiger charge is 2.17. The van der Waals surface area contributed by atoms with E-state index in [1.165, 1.54) is 90.1 Å². The second kappa shape index (κ2) is 17.1. The van der Waals surface area contributed by atoms with Crippen molar-refractivity contribution in [3.8, 4) is 27.9 Å². The summed E-state index contributed by atoms with van der Waals surface area (Å²) in [4.78, 5) is 0. The summed E-state index contributed by atoms with van der Waals surface area (Å²) in [7, 11) is 0. The Bertz CT molecular complexity index is 2710. The first-order valence-corrected chi connectivity index (χ1v) is 20.9. The van der Waals surface area contributed by atoms with Crippen molar-refractivity contribution >= 4 is 84.8 Å². The van der Waals surface area contributed by atoms with E-state index >= 15 is 0 Å². The van der Waals surface area contributed by atoms with Crippen molar-refractivity contribution in [2.45, 2.75) is 55.4 Å². The number of rotatable bonds is 3. The Morgan fingerprint density at radius 2 is 0.868 bits per heavy atom. The van der Waals surface area contributed by atoms with Crippen LogP contribution in [0.4, 0.5) is 0 Å². The molecule has 0 aliphatic carbocycles. The second-order valence-electron chi connectivity index (χ2n) is 11.7. The Hall–Kier alpha value is -5.22. The van der Waals surface area contributed by atoms with E-state index in [0.717, 1.165) is 0 Å². The summed E-state index contributed by atoms with van der Waals surface area (Å²) in [6.45, 7) is 16.0. The number of hydrogen-bond acceptors (Lipinski definition) is 2. The minimum Gasteiger partial charge on any atom is -0.309 e. The standard InChI is InChI=1S/C42H25NS2.4C2H6/c1-2-9-26(10-3-1)27-11-8-12-28(23-27)29-17-20-39-35(24-29)41-40(44-39)22-19-33-34-25-30(18-21-38(34)45-42(33)41)43-36-15-6-4-13-31(36)32-14-5-7-16-37(32)43;4*1-2/h1-25H;4*1-2H3. The summed E-state index contributed by atoms with van der Waals surface area (Å²) in [6.07, 6.45) is 0. The molecule has 0 aliphatic heterocycles. The topological polar surface area (TPSA) is 4.93 Å². The van der Waals surface area contributed by atoms with Gasteiger partial charge in [-0.15, -0.1) is 22.7 Å². The Labute approximate surface area is 322 Å². The minimum absolute atomic E-state index is 1.20. The number of para-hydroxylation sites is 2. The highest BCUT2D eigenvalue weighted by molar-refractivity contribution is 7.29. The fourth-order valence-corrected chi connectivity index (χ4v) is 9.51. The molecule has 53 heavy (non-hydrogen) atoms. The molecule has 3 heterocycles. The molecule has 0 unspecified atom stereocenters. The molecule has 0 radical (unpaired) electrons. The van der Waals surface area contributed by atoms with Gasteiger partial charge in [0.05, 0.1) is 11.0 Å². The molecule has 0 N–H and O–H groups in total. The van der Waals surface area contributed by atoms with Gasteiger partial charge in [0.15, 0.2) is 0 Å². The van der Waals surface area contributed by atoms with E-state index in [4.69, 9.17) is 0 Å². The van der Waals surface area contributed by atoms with E-state index in [2.05, 4.69) is 156 Å². The van der Waals surface area contributed by atoms with Crippen LogP contribution in [0.3, 0.4) is 0 Å². The maximum absolute atomic E-state index is 2.42. The van der Waals surface area contributed by atoms with Crippen LogP contribution >= 0.6 is 22.7 Å². The summed E-state index contributed by atoms with van der Waals surface area (Å²) in [5.41, 5.74) is 8.68. The van der Waals surface area contributed by atoms with Crippen molar-refractivity contribution in [1.82, 2.24) is 4.57 Å². The Morgan fingerprint density at radius 1 is 0.340 bits per heavy atom. The van der Waals surface area contributed by atoms with Crippen molar-refractivity contribution in [2.24, 2.45) is 0 Å². The fourth-order valence-electron chi connectivity index (χ4n) is 7.11. The molecule has 10 aromatic rings. The van der Waals surface area contributed by atoms with Crippen LogP contribution in [0.5, 0.6) is 0 Å². The zero-order valence-corrected chi connectivity index (χ0v) is 33.8. The van der Waals surface area contributed by atoms with Crippen molar-refractivity contribution in [3.63, 3.8) is 0 Å². The van der Waals surface area contributed by atoms with Crippen LogP contribution in [0.2, 0.25) is 0 Å². The van der Waals surface area contributed by atoms with Gasteiger partial charge in [-0.1, -0.05) is 152 Å². The van der Waals surface area contributed by atoms with Crippen molar-refractivity contribution in [3.05, 3.63) is 152 Å². The lowest BCUT2D eigenvalue weighted by molar-refractivity contribution is 1.19. The average Bonchev–Trinajstić information content (AvgIpc) is 3.93. The molecule has 0 saturated carbocycles. The molecule has 0 saturated heterocycles. The highest BCUT2D eigenvalue weighted by Crippen LogP contribution is 2.46. The lowest BCUT2D eigenvalue weighted by Gasteiger charge is -2.08. The second-order valence-corrected chi connectivity index (χ2v) is 13.9. The summed E-state index contributed by atoms with van der Waals surface area (Å²) < 4.78 is 7.81. The molecule has 0 spiro atoms. The molecule has 3 heteroatoms. The van der Waals surface area contributed by atoms with Crippen LogP contribution in [-0.4, -0.2) is 4.57 Å². The number of fused-ring (bicyclic) bond motifs is 10. The largest absolute Gasteiger partial charge is 0.309 e. The average molecular weight is 728 g/mol. The van der Waals surface area contributed by atoms with Gasteiger partial charge in [-0.2, -0.15) is 0 Å². The maximum Gasteiger partial charge on any atom is 0.0541 e. The first-order chi connectivity index (χ1) is 26.3. The molecule has 10 rings (SSSR count). The fraction of sp³-hybridized carbons (Fsp3) is 0.160. The quantitative estimate of drug-likeness (QED) is 0.171. The molecule has 0 fully saturated rings. The van der Waals surface area contributed by atoms with Gasteiger partial charge >= 0.3 is 0 Å². The normalized spacial score (nSPS) is 10.6. The molecule has 0 atom stereocenters. The van der Waals surface area contributed by atoms with Gasteiger partial charge in [0.25, 0.3) is 0 Å². The Balaban J connectivity index is 0.000000566. The van der Waals surface area contributed by atoms with E-state index in [-0.39, 0.29) is 0 Å². The monoisotopic (exact) mass is 727 g/mol. The van der Waals surface area contributed by atoms with Gasteiger partial charge < -0.3 is 4.57 Å². The van der Waals surface area contributed by atoms with Crippen molar-refractivity contribution in [2.75, 3.05) is 0 Å². The molecule has 0 aliphatic rings. The third-order valence-electron chi connectivity index (χ3n) is 9.19. The highest BCUT2D eigenvalue weighted by atomic mass is 32.1. The molecular weight excluding hydrogens is 679 g/mol. The first kappa shape index (κ1) is 37.5. The van der Waals surface area contributed by atoms with Crippen LogP contribution in [0, 0.1) is 0 Å². The summed E-state index contributed by atoms with van der Waals surface area (Å²) in [6, 6.07) is 55.7. The Kier molecular flexibility index (Phi) is 12.1. The van der Waals surface area contributed by atoms with Gasteiger partial charge in [-0.05, 0) is 76.9 Å². The van der Waals surface area contributed by atoms with E-state index in [9.17, 15) is 0 Å². The van der Waals surface area contributed by atoms with Crippen LogP contribution in [0.1, 0.15) is 55.4 Å². The van der Waals surface area contributed by atoms with Gasteiger partial charge in [-0.3, -0.25) is 0 Å². The van der Waals surface area contributed by atoms with Crippen LogP contribution in [-0.2, 0) is 0 Å². The number of hydrogen-bond donors (Lipinski definition) is 0. The number of benzene rings is 7. The predicted octanol–water partition coefficient (Wildman–Crippen LogP) is 17.0. The van der Waals surface area contributed by atoms with Crippen molar-refractivity contribution in [1.29, 1.82) is 0 Å². The Morgan fingerprint density at radius 3 is 1.55 bits per heavy atom. The van der Waals surface area contributed by atoms with Crippen LogP contribution in [0.25, 0.3) is 90.1 Å². The van der Waals surface area contributed by atoms with E-state index in [1.54, 1.807) is 0 Å². The summed E-state index contributed by atoms with van der Waals surface area (Å²) >= 11 is 3.82. The molecule has 3 aromatic heterocycles. The van der Waals surface area contributed by atoms with E-state index < -0.39 is 0 Å². The van der Waals surface area contributed by atoms with Gasteiger partial charge in [0.2, 0.25) is 0 Å². The number of aromatic nitrogens is 1. The third kappa shape index (κ3) is 6.76. The smallest absolute Gasteiger partial charge is 0.0541 e. The predicted molar refractivity (Wildman–Crippen MR) is 243 cm³/mol. The van der Waals surface area contributed by atoms with E-state index in [0.29, 0.717) is 0 Å². The zero-order valence-electron chi connectivity index (χ0n) is 32.2. The van der Waals surface area contributed by atoms with Gasteiger partial charge in [-0.25, -0.2) is 0 Å². The first-order valence-electron chi connectivity index (χ1n) is 19.3. The zero-order chi connectivity index (χ0) is 37.5. The lowest BCUT2D eigenvalue weighted by Crippen LogP contribution is -1.93. The molecular formula is C50H49NS2. The molecule has 7 aromatic carbocycles.